The number of fused-ring (bicyclic) bond motifs is 2. The molecule has 6 nitrogen and oxygen atoms in total. The molecule has 2 atom stereocenters. The molecule has 1 aliphatic rings. The first-order valence-corrected chi connectivity index (χ1v) is 10.3. The Bertz CT molecular complexity index is 1120. The second kappa shape index (κ2) is 7.33. The Morgan fingerprint density at radius 1 is 1.04 bits per heavy atom. The number of hydrogen-bond acceptors (Lipinski definition) is 7. The lowest BCUT2D eigenvalue weighted by Crippen LogP contribution is -2.36. The van der Waals surface area contributed by atoms with Crippen molar-refractivity contribution in [2.75, 3.05) is 5.32 Å². The molecule has 0 bridgehead atoms. The Hall–Kier alpha value is -2.77. The Morgan fingerprint density at radius 3 is 2.86 bits per heavy atom. The maximum absolute atomic E-state index is 10.2. The number of nitrogens with zero attached hydrogens (tertiary/aromatic N) is 3. The summed E-state index contributed by atoms with van der Waals surface area (Å²) in [6.45, 7) is 0. The van der Waals surface area contributed by atoms with E-state index in [0.717, 1.165) is 51.9 Å². The second-order valence-corrected chi connectivity index (χ2v) is 8.08. The first-order chi connectivity index (χ1) is 13.8. The lowest BCUT2D eigenvalue weighted by atomic mass is 9.93. The summed E-state index contributed by atoms with van der Waals surface area (Å²) in [5.74, 6) is 1.25. The van der Waals surface area contributed by atoms with Crippen LogP contribution in [-0.4, -0.2) is 32.2 Å². The average molecular weight is 392 g/mol. The number of rotatable bonds is 4. The molecule has 142 valence electrons. The molecule has 2 aromatic carbocycles. The third kappa shape index (κ3) is 3.39. The Labute approximate surface area is 166 Å². The lowest BCUT2D eigenvalue weighted by molar-refractivity contribution is 0.116. The predicted octanol–water partition coefficient (Wildman–Crippen LogP) is 4.75. The highest BCUT2D eigenvalue weighted by molar-refractivity contribution is 7.22. The fourth-order valence-electron chi connectivity index (χ4n) is 3.64. The molecule has 1 saturated carbocycles. The fraction of sp³-hybridized carbons (Fsp3) is 0.286. The Balaban J connectivity index is 1.40. The highest BCUT2D eigenvalue weighted by Crippen LogP contribution is 2.33. The lowest BCUT2D eigenvalue weighted by Gasteiger charge is -2.27. The molecule has 4 aromatic rings. The van der Waals surface area contributed by atoms with Gasteiger partial charge in [0.25, 0.3) is 0 Å². The van der Waals surface area contributed by atoms with Crippen molar-refractivity contribution in [1.29, 1.82) is 0 Å². The third-order valence-corrected chi connectivity index (χ3v) is 6.07. The van der Waals surface area contributed by atoms with Crippen LogP contribution in [0.1, 0.15) is 25.7 Å². The molecule has 0 amide bonds. The zero-order valence-electron chi connectivity index (χ0n) is 15.2. The van der Waals surface area contributed by atoms with E-state index in [4.69, 9.17) is 4.74 Å². The van der Waals surface area contributed by atoms with Crippen LogP contribution >= 0.6 is 11.3 Å². The van der Waals surface area contributed by atoms with Gasteiger partial charge in [0.2, 0.25) is 5.88 Å². The number of benzene rings is 2. The van der Waals surface area contributed by atoms with Crippen LogP contribution in [-0.2, 0) is 0 Å². The van der Waals surface area contributed by atoms with Crippen molar-refractivity contribution in [1.82, 2.24) is 15.0 Å². The van der Waals surface area contributed by atoms with E-state index in [-0.39, 0.29) is 12.1 Å². The summed E-state index contributed by atoms with van der Waals surface area (Å²) in [7, 11) is 0. The van der Waals surface area contributed by atoms with Crippen LogP contribution < -0.4 is 10.1 Å². The quantitative estimate of drug-likeness (QED) is 0.522. The van der Waals surface area contributed by atoms with Gasteiger partial charge in [0.05, 0.1) is 33.3 Å². The fourth-order valence-corrected chi connectivity index (χ4v) is 4.60. The molecule has 1 fully saturated rings. The number of anilines is 1. The normalized spacial score (nSPS) is 19.8. The van der Waals surface area contributed by atoms with Crippen molar-refractivity contribution >= 4 is 37.6 Å². The maximum Gasteiger partial charge on any atom is 0.230 e. The molecule has 2 N–H and O–H groups in total. The zero-order valence-corrected chi connectivity index (χ0v) is 16.0. The van der Waals surface area contributed by atoms with Crippen LogP contribution in [0.3, 0.4) is 0 Å². The van der Waals surface area contributed by atoms with E-state index in [1.54, 1.807) is 11.3 Å². The number of aliphatic hydroxyl groups is 1. The first kappa shape index (κ1) is 17.3. The summed E-state index contributed by atoms with van der Waals surface area (Å²) < 4.78 is 7.07. The number of thiazole rings is 1. The average Bonchev–Trinajstić information content (AvgIpc) is 3.12. The number of nitrogens with one attached hydrogen (secondary N) is 1. The number of hydrogen-bond donors (Lipinski definition) is 2. The van der Waals surface area contributed by atoms with E-state index in [1.807, 2.05) is 42.5 Å². The van der Waals surface area contributed by atoms with E-state index < -0.39 is 0 Å². The molecule has 1 unspecified atom stereocenters. The van der Waals surface area contributed by atoms with Crippen molar-refractivity contribution in [3.63, 3.8) is 0 Å². The molecule has 28 heavy (non-hydrogen) atoms. The molecule has 0 aliphatic heterocycles. The first-order valence-electron chi connectivity index (χ1n) is 9.49. The number of ether oxygens (including phenoxy) is 1. The van der Waals surface area contributed by atoms with Gasteiger partial charge in [-0.3, -0.25) is 0 Å². The summed E-state index contributed by atoms with van der Waals surface area (Å²) in [6.07, 6.45) is 5.29. The standard InChI is InChI=1S/C21H20N4O2S/c26-18-8-4-3-7-16(18)24-21-25-17-10-9-13(11-19(17)28-21)27-20-14-5-1-2-6-15(14)22-12-23-20/h1-2,5-6,9-12,16,18,26H,3-4,7-8H2,(H,24,25)/t16?,18-/m1/s1. The minimum absolute atomic E-state index is 0.0809. The van der Waals surface area contributed by atoms with Crippen molar-refractivity contribution in [2.45, 2.75) is 37.8 Å². The zero-order chi connectivity index (χ0) is 18.9. The molecule has 0 spiro atoms. The molecule has 1 aliphatic carbocycles. The Morgan fingerprint density at radius 2 is 1.93 bits per heavy atom. The molecular weight excluding hydrogens is 372 g/mol. The smallest absolute Gasteiger partial charge is 0.230 e. The minimum atomic E-state index is -0.300. The van der Waals surface area contributed by atoms with E-state index in [9.17, 15) is 5.11 Å². The summed E-state index contributed by atoms with van der Waals surface area (Å²) in [4.78, 5) is 13.2. The molecule has 0 radical (unpaired) electrons. The largest absolute Gasteiger partial charge is 0.438 e. The van der Waals surface area contributed by atoms with E-state index in [1.165, 1.54) is 6.33 Å². The summed E-state index contributed by atoms with van der Waals surface area (Å²) >= 11 is 1.58. The monoisotopic (exact) mass is 392 g/mol. The molecule has 2 heterocycles. The topological polar surface area (TPSA) is 80.2 Å². The summed E-state index contributed by atoms with van der Waals surface area (Å²) in [6, 6.07) is 13.7. The molecule has 0 saturated heterocycles. The van der Waals surface area contributed by atoms with Crippen LogP contribution in [0.25, 0.3) is 21.1 Å². The van der Waals surface area contributed by atoms with Crippen molar-refractivity contribution in [2.24, 2.45) is 0 Å². The summed E-state index contributed by atoms with van der Waals surface area (Å²) in [5, 5.41) is 15.3. The van der Waals surface area contributed by atoms with Crippen LogP contribution in [0.15, 0.2) is 48.8 Å². The number of aliphatic hydroxyl groups excluding tert-OH is 1. The number of para-hydroxylation sites is 1. The van der Waals surface area contributed by atoms with Gasteiger partial charge in [-0.15, -0.1) is 0 Å². The summed E-state index contributed by atoms with van der Waals surface area (Å²) in [5.41, 5.74) is 1.77. The maximum atomic E-state index is 10.2. The predicted molar refractivity (Wildman–Crippen MR) is 111 cm³/mol. The van der Waals surface area contributed by atoms with Crippen LogP contribution in [0.5, 0.6) is 11.6 Å². The van der Waals surface area contributed by atoms with Crippen molar-refractivity contribution < 1.29 is 9.84 Å². The SMILES string of the molecule is O[C@@H]1CCCCC1Nc1nc2ccc(Oc3ncnc4ccccc34)cc2s1. The molecule has 5 rings (SSSR count). The molecule has 2 aromatic heterocycles. The van der Waals surface area contributed by atoms with Gasteiger partial charge in [0.1, 0.15) is 12.1 Å². The van der Waals surface area contributed by atoms with Crippen LogP contribution in [0.2, 0.25) is 0 Å². The van der Waals surface area contributed by atoms with E-state index in [2.05, 4.69) is 20.3 Å². The highest BCUT2D eigenvalue weighted by atomic mass is 32.1. The van der Waals surface area contributed by atoms with Gasteiger partial charge >= 0.3 is 0 Å². The van der Waals surface area contributed by atoms with Crippen molar-refractivity contribution in [3.05, 3.63) is 48.8 Å². The Kier molecular flexibility index (Phi) is 4.54. The van der Waals surface area contributed by atoms with Gasteiger partial charge in [-0.2, -0.15) is 0 Å². The van der Waals surface area contributed by atoms with Gasteiger partial charge in [0.15, 0.2) is 5.13 Å². The van der Waals surface area contributed by atoms with Crippen LogP contribution in [0.4, 0.5) is 5.13 Å². The minimum Gasteiger partial charge on any atom is -0.438 e. The van der Waals surface area contributed by atoms with Gasteiger partial charge in [0, 0.05) is 6.07 Å². The third-order valence-electron chi connectivity index (χ3n) is 5.12. The second-order valence-electron chi connectivity index (χ2n) is 7.05. The molecular formula is C21H20N4O2S. The van der Waals surface area contributed by atoms with Gasteiger partial charge < -0.3 is 15.2 Å². The number of aromatic nitrogens is 3. The van der Waals surface area contributed by atoms with Crippen LogP contribution in [0, 0.1) is 0 Å². The molecule has 7 heteroatoms. The van der Waals surface area contributed by atoms with E-state index >= 15 is 0 Å². The van der Waals surface area contributed by atoms with Gasteiger partial charge in [-0.05, 0) is 37.1 Å². The van der Waals surface area contributed by atoms with Gasteiger partial charge in [-0.25, -0.2) is 15.0 Å². The van der Waals surface area contributed by atoms with E-state index in [0.29, 0.717) is 11.6 Å². The van der Waals surface area contributed by atoms with Gasteiger partial charge in [-0.1, -0.05) is 36.3 Å². The van der Waals surface area contributed by atoms with Crippen molar-refractivity contribution in [3.8, 4) is 11.6 Å². The highest BCUT2D eigenvalue weighted by Gasteiger charge is 2.23.